The third kappa shape index (κ3) is 2.04. The van der Waals surface area contributed by atoms with Crippen LogP contribution < -0.4 is 4.90 Å². The lowest BCUT2D eigenvalue weighted by Crippen LogP contribution is -2.35. The van der Waals surface area contributed by atoms with Crippen LogP contribution in [0.25, 0.3) is 10.9 Å². The number of rotatable bonds is 2. The Morgan fingerprint density at radius 1 is 1.43 bits per heavy atom. The van der Waals surface area contributed by atoms with Crippen LogP contribution in [0.3, 0.4) is 0 Å². The van der Waals surface area contributed by atoms with E-state index < -0.39 is 11.4 Å². The van der Waals surface area contributed by atoms with Crippen LogP contribution in [0, 0.1) is 18.3 Å². The predicted octanol–water partition coefficient (Wildman–Crippen LogP) is 2.49. The molecule has 2 atom stereocenters. The molecule has 1 fully saturated rings. The van der Waals surface area contributed by atoms with Crippen molar-refractivity contribution in [2.24, 2.45) is 11.3 Å². The maximum Gasteiger partial charge on any atom is 0.311 e. The molecule has 21 heavy (non-hydrogen) atoms. The molecule has 0 unspecified atom stereocenters. The van der Waals surface area contributed by atoms with E-state index in [0.717, 1.165) is 22.3 Å². The highest BCUT2D eigenvalue weighted by Crippen LogP contribution is 2.39. The number of benzene rings is 1. The van der Waals surface area contributed by atoms with Crippen LogP contribution in [-0.2, 0) is 4.79 Å². The molecule has 0 bridgehead atoms. The minimum absolute atomic E-state index is 0.0739. The van der Waals surface area contributed by atoms with E-state index in [1.54, 1.807) is 6.33 Å². The van der Waals surface area contributed by atoms with Crippen molar-refractivity contribution in [2.45, 2.75) is 20.8 Å². The van der Waals surface area contributed by atoms with E-state index in [-0.39, 0.29) is 5.92 Å². The van der Waals surface area contributed by atoms with Gasteiger partial charge in [-0.2, -0.15) is 0 Å². The number of hydrogen-bond acceptors (Lipinski definition) is 4. The van der Waals surface area contributed by atoms with Crippen molar-refractivity contribution in [1.82, 2.24) is 9.97 Å². The molecule has 3 rings (SSSR count). The van der Waals surface area contributed by atoms with Crippen molar-refractivity contribution in [1.29, 1.82) is 0 Å². The normalized spacial score (nSPS) is 25.5. The van der Waals surface area contributed by atoms with E-state index in [4.69, 9.17) is 0 Å². The summed E-state index contributed by atoms with van der Waals surface area (Å²) in [6.45, 7) is 7.00. The molecule has 0 aliphatic carbocycles. The maximum atomic E-state index is 11.6. The first-order chi connectivity index (χ1) is 9.93. The van der Waals surface area contributed by atoms with Gasteiger partial charge in [0.25, 0.3) is 0 Å². The SMILES string of the molecule is Cc1cccc2c(N3C[C@@H](C)[C@](C)(C(=O)O)C3)ncnc12. The lowest BCUT2D eigenvalue weighted by atomic mass is 9.81. The Hall–Kier alpha value is -2.17. The Morgan fingerprint density at radius 3 is 2.86 bits per heavy atom. The summed E-state index contributed by atoms with van der Waals surface area (Å²) in [4.78, 5) is 22.4. The molecule has 1 aliphatic heterocycles. The van der Waals surface area contributed by atoms with Gasteiger partial charge in [0.1, 0.15) is 12.1 Å². The number of anilines is 1. The van der Waals surface area contributed by atoms with Crippen LogP contribution in [0.5, 0.6) is 0 Å². The van der Waals surface area contributed by atoms with E-state index in [1.165, 1.54) is 0 Å². The Kier molecular flexibility index (Phi) is 3.08. The summed E-state index contributed by atoms with van der Waals surface area (Å²) in [6.07, 6.45) is 1.56. The number of aromatic nitrogens is 2. The third-order valence-corrected chi connectivity index (χ3v) is 4.73. The largest absolute Gasteiger partial charge is 0.481 e. The van der Waals surface area contributed by atoms with E-state index in [9.17, 15) is 9.90 Å². The standard InChI is InChI=1S/C16H19N3O2/c1-10-5-4-6-12-13(10)17-9-18-14(12)19-7-11(2)16(3,8-19)15(20)21/h4-6,9,11H,7-8H2,1-3H3,(H,20,21)/t11-,16-/m1/s1. The molecule has 5 heteroatoms. The topological polar surface area (TPSA) is 66.3 Å². The molecule has 0 spiro atoms. The fourth-order valence-electron chi connectivity index (χ4n) is 3.06. The number of hydrogen-bond donors (Lipinski definition) is 1. The molecule has 0 saturated carbocycles. The molecule has 1 aromatic carbocycles. The van der Waals surface area contributed by atoms with Gasteiger partial charge >= 0.3 is 5.97 Å². The number of aryl methyl sites for hydroxylation is 1. The molecule has 0 radical (unpaired) electrons. The predicted molar refractivity (Wildman–Crippen MR) is 81.4 cm³/mol. The summed E-state index contributed by atoms with van der Waals surface area (Å²) in [6, 6.07) is 6.01. The highest BCUT2D eigenvalue weighted by Gasteiger charge is 2.47. The van der Waals surface area contributed by atoms with Gasteiger partial charge < -0.3 is 10.0 Å². The molecule has 5 nitrogen and oxygen atoms in total. The van der Waals surface area contributed by atoms with Gasteiger partial charge in [-0.1, -0.05) is 19.1 Å². The van der Waals surface area contributed by atoms with Crippen molar-refractivity contribution in [3.63, 3.8) is 0 Å². The highest BCUT2D eigenvalue weighted by atomic mass is 16.4. The molecule has 1 aromatic heterocycles. The second-order valence-corrected chi connectivity index (χ2v) is 6.17. The van der Waals surface area contributed by atoms with Crippen molar-refractivity contribution in [3.05, 3.63) is 30.1 Å². The number of para-hydroxylation sites is 1. The van der Waals surface area contributed by atoms with Crippen LogP contribution in [-0.4, -0.2) is 34.1 Å². The van der Waals surface area contributed by atoms with Crippen LogP contribution in [0.1, 0.15) is 19.4 Å². The van der Waals surface area contributed by atoms with E-state index in [0.29, 0.717) is 13.1 Å². The average Bonchev–Trinajstić information content (AvgIpc) is 2.76. The zero-order valence-corrected chi connectivity index (χ0v) is 12.5. The summed E-state index contributed by atoms with van der Waals surface area (Å²) < 4.78 is 0. The molecular formula is C16H19N3O2. The Bertz CT molecular complexity index is 716. The second kappa shape index (κ2) is 4.69. The Balaban J connectivity index is 2.07. The Labute approximate surface area is 123 Å². The molecule has 1 saturated heterocycles. The molecule has 2 aromatic rings. The van der Waals surface area contributed by atoms with Crippen molar-refractivity contribution in [3.8, 4) is 0 Å². The number of carboxylic acid groups (broad SMARTS) is 1. The zero-order valence-electron chi connectivity index (χ0n) is 12.5. The average molecular weight is 285 g/mol. The maximum absolute atomic E-state index is 11.6. The van der Waals surface area contributed by atoms with Crippen molar-refractivity contribution >= 4 is 22.7 Å². The number of aliphatic carboxylic acids is 1. The molecule has 2 heterocycles. The first-order valence-corrected chi connectivity index (χ1v) is 7.12. The van der Waals surface area contributed by atoms with E-state index in [1.807, 2.05) is 39.0 Å². The monoisotopic (exact) mass is 285 g/mol. The highest BCUT2D eigenvalue weighted by molar-refractivity contribution is 5.91. The molecule has 1 N–H and O–H groups in total. The first kappa shape index (κ1) is 13.8. The lowest BCUT2D eigenvalue weighted by Gasteiger charge is -2.23. The van der Waals surface area contributed by atoms with Crippen LogP contribution in [0.15, 0.2) is 24.5 Å². The van der Waals surface area contributed by atoms with Crippen LogP contribution in [0.2, 0.25) is 0 Å². The number of carbonyl (C=O) groups is 1. The summed E-state index contributed by atoms with van der Waals surface area (Å²) in [5, 5.41) is 10.5. The van der Waals surface area contributed by atoms with Gasteiger partial charge in [0, 0.05) is 18.5 Å². The quantitative estimate of drug-likeness (QED) is 0.918. The number of fused-ring (bicyclic) bond motifs is 1. The lowest BCUT2D eigenvalue weighted by molar-refractivity contribution is -0.148. The van der Waals surface area contributed by atoms with Gasteiger partial charge in [-0.25, -0.2) is 9.97 Å². The van der Waals surface area contributed by atoms with Crippen LogP contribution >= 0.6 is 0 Å². The minimum atomic E-state index is -0.743. The molecular weight excluding hydrogens is 266 g/mol. The summed E-state index contributed by atoms with van der Waals surface area (Å²) in [5.74, 6) is 0.164. The van der Waals surface area contributed by atoms with E-state index >= 15 is 0 Å². The minimum Gasteiger partial charge on any atom is -0.481 e. The van der Waals surface area contributed by atoms with Gasteiger partial charge in [0.05, 0.1) is 10.9 Å². The van der Waals surface area contributed by atoms with Gasteiger partial charge in [-0.15, -0.1) is 0 Å². The van der Waals surface area contributed by atoms with Crippen molar-refractivity contribution < 1.29 is 9.90 Å². The number of carboxylic acids is 1. The fraction of sp³-hybridized carbons (Fsp3) is 0.438. The van der Waals surface area contributed by atoms with E-state index in [2.05, 4.69) is 14.9 Å². The molecule has 0 amide bonds. The fourth-order valence-corrected chi connectivity index (χ4v) is 3.06. The summed E-state index contributed by atoms with van der Waals surface area (Å²) in [5.41, 5.74) is 1.30. The van der Waals surface area contributed by atoms with Gasteiger partial charge in [-0.05, 0) is 31.4 Å². The van der Waals surface area contributed by atoms with Crippen molar-refractivity contribution in [2.75, 3.05) is 18.0 Å². The van der Waals surface area contributed by atoms with Gasteiger partial charge in [-0.3, -0.25) is 4.79 Å². The van der Waals surface area contributed by atoms with Crippen LogP contribution in [0.4, 0.5) is 5.82 Å². The molecule has 110 valence electrons. The van der Waals surface area contributed by atoms with Gasteiger partial charge in [0.2, 0.25) is 0 Å². The smallest absolute Gasteiger partial charge is 0.311 e. The zero-order chi connectivity index (χ0) is 15.2. The number of nitrogens with zero attached hydrogens (tertiary/aromatic N) is 3. The molecule has 1 aliphatic rings. The Morgan fingerprint density at radius 2 is 2.19 bits per heavy atom. The second-order valence-electron chi connectivity index (χ2n) is 6.17. The summed E-state index contributed by atoms with van der Waals surface area (Å²) >= 11 is 0. The summed E-state index contributed by atoms with van der Waals surface area (Å²) in [7, 11) is 0. The first-order valence-electron chi connectivity index (χ1n) is 7.12. The third-order valence-electron chi connectivity index (χ3n) is 4.73. The van der Waals surface area contributed by atoms with Gasteiger partial charge in [0.15, 0.2) is 0 Å².